The smallest absolute Gasteiger partial charge is 0.220 e. The molecule has 1 atom stereocenters. The second kappa shape index (κ2) is 7.06. The van der Waals surface area contributed by atoms with Gasteiger partial charge in [-0.3, -0.25) is 10.1 Å². The minimum atomic E-state index is -0.308. The Bertz CT molecular complexity index is 437. The zero-order chi connectivity index (χ0) is 13.7. The van der Waals surface area contributed by atoms with Gasteiger partial charge in [0.05, 0.1) is 0 Å². The monoisotopic (exact) mass is 348 g/mol. The fourth-order valence-corrected chi connectivity index (χ4v) is 2.81. The lowest BCUT2D eigenvalue weighted by Crippen LogP contribution is -2.20. The molecular weight excluding hydrogens is 336 g/mol. The van der Waals surface area contributed by atoms with Crippen molar-refractivity contribution in [3.05, 3.63) is 44.4 Å². The maximum absolute atomic E-state index is 10.7. The highest BCUT2D eigenvalue weighted by Crippen LogP contribution is 2.31. The highest BCUT2D eigenvalue weighted by molar-refractivity contribution is 9.10. The molecule has 0 saturated heterocycles. The first-order valence-corrected chi connectivity index (χ1v) is 7.23. The van der Waals surface area contributed by atoms with Gasteiger partial charge in [-0.25, -0.2) is 0 Å². The van der Waals surface area contributed by atoms with Crippen molar-refractivity contribution in [2.45, 2.75) is 5.25 Å². The molecule has 0 bridgehead atoms. The van der Waals surface area contributed by atoms with E-state index >= 15 is 0 Å². The Morgan fingerprint density at radius 1 is 1.50 bits per heavy atom. The second-order valence-corrected chi connectivity index (χ2v) is 6.59. The molecule has 0 spiro atoms. The van der Waals surface area contributed by atoms with E-state index in [1.165, 1.54) is 11.8 Å². The van der Waals surface area contributed by atoms with Crippen LogP contribution in [0.15, 0.2) is 28.7 Å². The van der Waals surface area contributed by atoms with Gasteiger partial charge in [0.15, 0.2) is 0 Å². The highest BCUT2D eigenvalue weighted by atomic mass is 79.9. The molecule has 1 rings (SSSR count). The molecule has 1 aromatic rings. The number of benzene rings is 1. The number of hydrogen-bond donors (Lipinski definition) is 0. The van der Waals surface area contributed by atoms with Crippen LogP contribution >= 0.6 is 39.9 Å². The van der Waals surface area contributed by atoms with Crippen LogP contribution in [-0.4, -0.2) is 34.8 Å². The number of thiocarbonyl (C=S) groups is 1. The average molecular weight is 349 g/mol. The van der Waals surface area contributed by atoms with Crippen LogP contribution in [-0.2, 0) is 0 Å². The Kier molecular flexibility index (Phi) is 6.04. The van der Waals surface area contributed by atoms with E-state index in [-0.39, 0.29) is 16.7 Å². The van der Waals surface area contributed by atoms with Crippen molar-refractivity contribution < 1.29 is 4.92 Å². The normalized spacial score (nSPS) is 11.9. The molecule has 0 aliphatic rings. The zero-order valence-corrected chi connectivity index (χ0v) is 13.2. The number of nitro groups is 1. The maximum atomic E-state index is 10.7. The molecule has 0 N–H and O–H groups in total. The van der Waals surface area contributed by atoms with E-state index in [0.717, 1.165) is 10.0 Å². The summed E-state index contributed by atoms with van der Waals surface area (Å²) in [5, 5.41) is 10.5. The van der Waals surface area contributed by atoms with Crippen LogP contribution in [0, 0.1) is 10.1 Å². The Morgan fingerprint density at radius 2 is 2.06 bits per heavy atom. The second-order valence-electron chi connectivity index (χ2n) is 3.83. The van der Waals surface area contributed by atoms with Gasteiger partial charge < -0.3 is 4.90 Å². The summed E-state index contributed by atoms with van der Waals surface area (Å²) in [7, 11) is 3.67. The van der Waals surface area contributed by atoms with Crippen molar-refractivity contribution >= 4 is 44.2 Å². The highest BCUT2D eigenvalue weighted by Gasteiger charge is 2.21. The molecule has 0 aliphatic carbocycles. The summed E-state index contributed by atoms with van der Waals surface area (Å²) in [5.74, 6) is 0. The quantitative estimate of drug-likeness (QED) is 0.474. The molecule has 18 heavy (non-hydrogen) atoms. The molecule has 4 nitrogen and oxygen atoms in total. The molecule has 0 aliphatic heterocycles. The zero-order valence-electron chi connectivity index (χ0n) is 10.00. The molecule has 1 unspecified atom stereocenters. The van der Waals surface area contributed by atoms with E-state index in [2.05, 4.69) is 15.9 Å². The predicted molar refractivity (Wildman–Crippen MR) is 82.6 cm³/mol. The minimum Gasteiger partial charge on any atom is -0.364 e. The van der Waals surface area contributed by atoms with E-state index in [9.17, 15) is 10.1 Å². The summed E-state index contributed by atoms with van der Waals surface area (Å²) < 4.78 is 1.59. The number of rotatable bonds is 4. The fourth-order valence-electron chi connectivity index (χ4n) is 1.25. The number of thioether (sulfide) groups is 1. The van der Waals surface area contributed by atoms with Crippen LogP contribution in [0.25, 0.3) is 0 Å². The maximum Gasteiger partial charge on any atom is 0.220 e. The van der Waals surface area contributed by atoms with Gasteiger partial charge in [-0.15, -0.1) is 0 Å². The van der Waals surface area contributed by atoms with Crippen molar-refractivity contribution in [2.24, 2.45) is 0 Å². The van der Waals surface area contributed by atoms with Crippen LogP contribution < -0.4 is 0 Å². The SMILES string of the molecule is CN(C)C(=S)SC(C[N+](=O)[O-])c1ccc(Br)cc1. The van der Waals surface area contributed by atoms with E-state index in [4.69, 9.17) is 12.2 Å². The van der Waals surface area contributed by atoms with Crippen LogP contribution in [0.3, 0.4) is 0 Å². The lowest BCUT2D eigenvalue weighted by Gasteiger charge is -2.18. The van der Waals surface area contributed by atoms with Gasteiger partial charge in [0, 0.05) is 23.5 Å². The summed E-state index contributed by atoms with van der Waals surface area (Å²) in [4.78, 5) is 12.2. The van der Waals surface area contributed by atoms with Gasteiger partial charge in [0.2, 0.25) is 6.54 Å². The molecule has 0 radical (unpaired) electrons. The van der Waals surface area contributed by atoms with Gasteiger partial charge in [0.1, 0.15) is 9.57 Å². The van der Waals surface area contributed by atoms with Crippen LogP contribution in [0.2, 0.25) is 0 Å². The van der Waals surface area contributed by atoms with Gasteiger partial charge in [-0.05, 0) is 17.7 Å². The molecule has 0 saturated carbocycles. The van der Waals surface area contributed by atoms with E-state index in [0.29, 0.717) is 4.32 Å². The van der Waals surface area contributed by atoms with Crippen molar-refractivity contribution in [3.63, 3.8) is 0 Å². The number of nitrogens with zero attached hydrogens (tertiary/aromatic N) is 2. The third-order valence-electron chi connectivity index (χ3n) is 2.16. The standard InChI is InChI=1S/C11H13BrN2O2S2/c1-13(2)11(17)18-10(7-14(15)16)8-3-5-9(12)6-4-8/h3-6,10H,7H2,1-2H3. The van der Waals surface area contributed by atoms with Gasteiger partial charge >= 0.3 is 0 Å². The van der Waals surface area contributed by atoms with Crippen LogP contribution in [0.4, 0.5) is 0 Å². The summed E-state index contributed by atoms with van der Waals surface area (Å²) in [6.45, 7) is -0.139. The van der Waals surface area contributed by atoms with Crippen molar-refractivity contribution in [2.75, 3.05) is 20.6 Å². The Morgan fingerprint density at radius 3 is 2.50 bits per heavy atom. The van der Waals surface area contributed by atoms with Crippen molar-refractivity contribution in [1.29, 1.82) is 0 Å². The summed E-state index contributed by atoms with van der Waals surface area (Å²) >= 11 is 9.88. The fraction of sp³-hybridized carbons (Fsp3) is 0.364. The summed E-state index contributed by atoms with van der Waals surface area (Å²) in [6, 6.07) is 7.51. The Hall–Kier alpha value is -0.660. The van der Waals surface area contributed by atoms with E-state index in [1.807, 2.05) is 38.4 Å². The number of hydrogen-bond acceptors (Lipinski definition) is 4. The van der Waals surface area contributed by atoms with E-state index in [1.54, 1.807) is 4.90 Å². The lowest BCUT2D eigenvalue weighted by molar-refractivity contribution is -0.479. The van der Waals surface area contributed by atoms with Gasteiger partial charge in [-0.2, -0.15) is 0 Å². The summed E-state index contributed by atoms with van der Waals surface area (Å²) in [6.07, 6.45) is 0. The van der Waals surface area contributed by atoms with Crippen molar-refractivity contribution in [3.8, 4) is 0 Å². The third kappa shape index (κ3) is 4.91. The molecule has 7 heteroatoms. The van der Waals surface area contributed by atoms with Gasteiger partial charge in [0.25, 0.3) is 0 Å². The molecule has 0 fully saturated rings. The Labute approximate surface area is 124 Å². The van der Waals surface area contributed by atoms with Crippen molar-refractivity contribution in [1.82, 2.24) is 4.90 Å². The topological polar surface area (TPSA) is 46.4 Å². The average Bonchev–Trinajstić information content (AvgIpc) is 2.28. The van der Waals surface area contributed by atoms with Crippen LogP contribution in [0.5, 0.6) is 0 Å². The van der Waals surface area contributed by atoms with E-state index < -0.39 is 0 Å². The molecule has 0 heterocycles. The largest absolute Gasteiger partial charge is 0.364 e. The van der Waals surface area contributed by atoms with Crippen LogP contribution in [0.1, 0.15) is 10.8 Å². The predicted octanol–water partition coefficient (Wildman–Crippen LogP) is 3.35. The molecule has 1 aromatic carbocycles. The third-order valence-corrected chi connectivity index (χ3v) is 4.62. The molecular formula is C11H13BrN2O2S2. The summed E-state index contributed by atoms with van der Waals surface area (Å²) in [5.41, 5.74) is 0.907. The number of halogens is 1. The first-order valence-electron chi connectivity index (χ1n) is 5.15. The molecule has 0 amide bonds. The molecule has 0 aromatic heterocycles. The lowest BCUT2D eigenvalue weighted by atomic mass is 10.1. The van der Waals surface area contributed by atoms with Gasteiger partial charge in [-0.1, -0.05) is 52.0 Å². The molecule has 98 valence electrons. The first-order chi connectivity index (χ1) is 8.40. The minimum absolute atomic E-state index is 0.139. The Balaban J connectivity index is 2.87. The first kappa shape index (κ1) is 15.4.